The zero-order valence-electron chi connectivity index (χ0n) is 7.81. The smallest absolute Gasteiger partial charge is 0.138 e. The summed E-state index contributed by atoms with van der Waals surface area (Å²) in [5.41, 5.74) is 1.79. The molecule has 70 valence electrons. The van der Waals surface area contributed by atoms with E-state index < -0.39 is 0 Å². The monoisotopic (exact) mass is 186 g/mol. The first-order valence-electron chi connectivity index (χ1n) is 4.31. The van der Waals surface area contributed by atoms with Crippen LogP contribution in [0.2, 0.25) is 0 Å². The van der Waals surface area contributed by atoms with Gasteiger partial charge in [0.05, 0.1) is 11.3 Å². The maximum Gasteiger partial charge on any atom is 0.138 e. The molecule has 14 heavy (non-hydrogen) atoms. The molecule has 1 N–H and O–H groups in total. The van der Waals surface area contributed by atoms with E-state index in [0.29, 0.717) is 0 Å². The van der Waals surface area contributed by atoms with Crippen molar-refractivity contribution < 1.29 is 0 Å². The summed E-state index contributed by atoms with van der Waals surface area (Å²) in [5.74, 6) is 0.790. The highest BCUT2D eigenvalue weighted by Crippen LogP contribution is 2.21. The van der Waals surface area contributed by atoms with Gasteiger partial charge in [0.2, 0.25) is 0 Å². The maximum absolute atomic E-state index is 4.24. The summed E-state index contributed by atoms with van der Waals surface area (Å²) in [6.45, 7) is 0. The molecule has 2 aromatic heterocycles. The first kappa shape index (κ1) is 8.62. The molecule has 4 heteroatoms. The van der Waals surface area contributed by atoms with Crippen LogP contribution in [0.25, 0.3) is 11.3 Å². The lowest BCUT2D eigenvalue weighted by molar-refractivity contribution is 1.15. The Morgan fingerprint density at radius 1 is 1.21 bits per heavy atom. The lowest BCUT2D eigenvalue weighted by Crippen LogP contribution is -1.96. The van der Waals surface area contributed by atoms with Crippen LogP contribution in [0.4, 0.5) is 5.82 Å². The molecule has 0 unspecified atom stereocenters. The molecule has 2 heterocycles. The van der Waals surface area contributed by atoms with Crippen molar-refractivity contribution in [2.45, 2.75) is 0 Å². The Morgan fingerprint density at radius 3 is 2.86 bits per heavy atom. The molecule has 0 aliphatic carbocycles. The highest BCUT2D eigenvalue weighted by Gasteiger charge is 2.04. The Kier molecular flexibility index (Phi) is 2.36. The predicted molar refractivity (Wildman–Crippen MR) is 54.8 cm³/mol. The van der Waals surface area contributed by atoms with Crippen molar-refractivity contribution in [3.8, 4) is 11.3 Å². The van der Waals surface area contributed by atoms with Crippen LogP contribution in [0.5, 0.6) is 0 Å². The summed E-state index contributed by atoms with van der Waals surface area (Å²) in [4.78, 5) is 12.3. The number of nitrogens with one attached hydrogen (secondary N) is 1. The van der Waals surface area contributed by atoms with E-state index in [-0.39, 0.29) is 0 Å². The first-order valence-corrected chi connectivity index (χ1v) is 4.31. The van der Waals surface area contributed by atoms with Crippen molar-refractivity contribution in [1.82, 2.24) is 15.0 Å². The molecule has 4 nitrogen and oxygen atoms in total. The molecule has 0 aliphatic rings. The third-order valence-electron chi connectivity index (χ3n) is 1.89. The highest BCUT2D eigenvalue weighted by molar-refractivity contribution is 5.70. The molecule has 0 radical (unpaired) electrons. The fraction of sp³-hybridized carbons (Fsp3) is 0.100. The molecule has 0 amide bonds. The third kappa shape index (κ3) is 1.54. The number of hydrogen-bond acceptors (Lipinski definition) is 4. The molecule has 0 fully saturated rings. The normalized spacial score (nSPS) is 9.79. The topological polar surface area (TPSA) is 50.7 Å². The van der Waals surface area contributed by atoms with E-state index in [2.05, 4.69) is 20.3 Å². The number of hydrogen-bond donors (Lipinski definition) is 1. The molecule has 0 aliphatic heterocycles. The predicted octanol–water partition coefficient (Wildman–Crippen LogP) is 1.58. The van der Waals surface area contributed by atoms with Gasteiger partial charge in [-0.15, -0.1) is 0 Å². The summed E-state index contributed by atoms with van der Waals surface area (Å²) in [7, 11) is 1.83. The average molecular weight is 186 g/mol. The minimum atomic E-state index is 0.790. The third-order valence-corrected chi connectivity index (χ3v) is 1.89. The van der Waals surface area contributed by atoms with E-state index in [4.69, 9.17) is 0 Å². The second-order valence-corrected chi connectivity index (χ2v) is 2.75. The van der Waals surface area contributed by atoms with Crippen LogP contribution in [0.15, 0.2) is 36.9 Å². The van der Waals surface area contributed by atoms with Gasteiger partial charge in [-0.25, -0.2) is 9.97 Å². The van der Waals surface area contributed by atoms with Crippen LogP contribution in [-0.4, -0.2) is 22.0 Å². The zero-order valence-corrected chi connectivity index (χ0v) is 7.81. The number of rotatable bonds is 2. The van der Waals surface area contributed by atoms with E-state index in [1.807, 2.05) is 25.2 Å². The summed E-state index contributed by atoms with van der Waals surface area (Å²) in [5, 5.41) is 3.00. The number of anilines is 1. The standard InChI is InChI=1S/C10H10N4/c1-11-10-8(6-12-7-14-10)9-4-2-3-5-13-9/h2-7H,1H3,(H,11,12,14). The van der Waals surface area contributed by atoms with Crippen LogP contribution in [0, 0.1) is 0 Å². The summed E-state index contributed by atoms with van der Waals surface area (Å²) < 4.78 is 0. The summed E-state index contributed by atoms with van der Waals surface area (Å²) >= 11 is 0. The Bertz CT molecular complexity index is 413. The largest absolute Gasteiger partial charge is 0.372 e. The minimum absolute atomic E-state index is 0.790. The van der Waals surface area contributed by atoms with Gasteiger partial charge < -0.3 is 5.32 Å². The van der Waals surface area contributed by atoms with Gasteiger partial charge in [0.25, 0.3) is 0 Å². The fourth-order valence-corrected chi connectivity index (χ4v) is 1.24. The quantitative estimate of drug-likeness (QED) is 0.773. The molecule has 0 spiro atoms. The van der Waals surface area contributed by atoms with E-state index in [0.717, 1.165) is 17.1 Å². The molecular formula is C10H10N4. The van der Waals surface area contributed by atoms with Gasteiger partial charge in [-0.05, 0) is 12.1 Å². The van der Waals surface area contributed by atoms with Gasteiger partial charge in [0.1, 0.15) is 12.1 Å². The van der Waals surface area contributed by atoms with Gasteiger partial charge in [-0.2, -0.15) is 0 Å². The van der Waals surface area contributed by atoms with Crippen molar-refractivity contribution >= 4 is 5.82 Å². The van der Waals surface area contributed by atoms with Crippen LogP contribution in [0.3, 0.4) is 0 Å². The molecule has 0 saturated carbocycles. The van der Waals surface area contributed by atoms with Crippen molar-refractivity contribution in [2.75, 3.05) is 12.4 Å². The van der Waals surface area contributed by atoms with Gasteiger partial charge in [0.15, 0.2) is 0 Å². The molecule has 0 saturated heterocycles. The van der Waals surface area contributed by atoms with Crippen LogP contribution >= 0.6 is 0 Å². The van der Waals surface area contributed by atoms with Crippen molar-refractivity contribution in [3.63, 3.8) is 0 Å². The van der Waals surface area contributed by atoms with E-state index in [9.17, 15) is 0 Å². The van der Waals surface area contributed by atoms with Crippen LogP contribution in [0.1, 0.15) is 0 Å². The van der Waals surface area contributed by atoms with Crippen molar-refractivity contribution in [3.05, 3.63) is 36.9 Å². The van der Waals surface area contributed by atoms with E-state index >= 15 is 0 Å². The minimum Gasteiger partial charge on any atom is -0.372 e. The van der Waals surface area contributed by atoms with E-state index in [1.54, 1.807) is 12.4 Å². The number of pyridine rings is 1. The van der Waals surface area contributed by atoms with E-state index in [1.165, 1.54) is 6.33 Å². The lowest BCUT2D eigenvalue weighted by Gasteiger charge is -2.05. The summed E-state index contributed by atoms with van der Waals surface area (Å²) in [6, 6.07) is 5.75. The Balaban J connectivity index is 2.51. The summed E-state index contributed by atoms with van der Waals surface area (Å²) in [6.07, 6.45) is 5.02. The second-order valence-electron chi connectivity index (χ2n) is 2.75. The number of aromatic nitrogens is 3. The van der Waals surface area contributed by atoms with Gasteiger partial charge in [0, 0.05) is 19.4 Å². The van der Waals surface area contributed by atoms with Gasteiger partial charge in [-0.1, -0.05) is 6.07 Å². The van der Waals surface area contributed by atoms with Crippen molar-refractivity contribution in [2.24, 2.45) is 0 Å². The van der Waals surface area contributed by atoms with Crippen LogP contribution < -0.4 is 5.32 Å². The molecule has 0 atom stereocenters. The lowest BCUT2D eigenvalue weighted by atomic mass is 10.2. The first-order chi connectivity index (χ1) is 6.92. The average Bonchev–Trinajstić information content (AvgIpc) is 2.30. The Labute approximate surface area is 82.1 Å². The molecule has 2 rings (SSSR count). The Morgan fingerprint density at radius 2 is 2.14 bits per heavy atom. The number of nitrogens with zero attached hydrogens (tertiary/aromatic N) is 3. The second kappa shape index (κ2) is 3.83. The fourth-order valence-electron chi connectivity index (χ4n) is 1.24. The molecule has 0 aromatic carbocycles. The van der Waals surface area contributed by atoms with Crippen molar-refractivity contribution in [1.29, 1.82) is 0 Å². The maximum atomic E-state index is 4.24. The molecule has 2 aromatic rings. The molecular weight excluding hydrogens is 176 g/mol. The Hall–Kier alpha value is -1.97. The van der Waals surface area contributed by atoms with Gasteiger partial charge in [-0.3, -0.25) is 4.98 Å². The highest BCUT2D eigenvalue weighted by atomic mass is 15.0. The zero-order chi connectivity index (χ0) is 9.80. The molecule has 0 bridgehead atoms. The van der Waals surface area contributed by atoms with Crippen LogP contribution in [-0.2, 0) is 0 Å². The SMILES string of the molecule is CNc1ncncc1-c1ccccn1. The van der Waals surface area contributed by atoms with Gasteiger partial charge >= 0.3 is 0 Å².